The fraction of sp³-hybridized carbons (Fsp3) is 0.143. The van der Waals surface area contributed by atoms with Crippen molar-refractivity contribution >= 4 is 39.7 Å². The number of rotatable bonds is 0. The zero-order valence-electron chi connectivity index (χ0n) is 4.39. The van der Waals surface area contributed by atoms with Gasteiger partial charge >= 0.3 is 39.7 Å². The molecule has 9 heavy (non-hydrogen) atoms. The number of hydrogen-bond donors (Lipinski definition) is 0. The van der Waals surface area contributed by atoms with E-state index in [0.717, 1.165) is 0 Å². The molecule has 0 aromatic heterocycles. The molecule has 0 fully saturated rings. The average Bonchev–Trinajstić information content (AvgIpc) is 1.69. The summed E-state index contributed by atoms with van der Waals surface area (Å²) in [7, 11) is 0. The summed E-state index contributed by atoms with van der Waals surface area (Å²) in [4.78, 5) is 0. The van der Waals surface area contributed by atoms with Crippen LogP contribution in [0.2, 0.25) is 0 Å². The van der Waals surface area contributed by atoms with Crippen molar-refractivity contribution < 1.29 is 2.85 Å². The van der Waals surface area contributed by atoms with Gasteiger partial charge in [0.05, 0.1) is 0 Å². The normalized spacial score (nSPS) is 6.78. The van der Waals surface area contributed by atoms with Gasteiger partial charge in [0.15, 0.2) is 0 Å². The van der Waals surface area contributed by atoms with E-state index in [4.69, 9.17) is 0 Å². The van der Waals surface area contributed by atoms with Crippen LogP contribution in [0.4, 0.5) is 0 Å². The van der Waals surface area contributed by atoms with Crippen LogP contribution in [-0.2, 0) is 0 Å². The monoisotopic (exact) mass is 131 g/mol. The van der Waals surface area contributed by atoms with Gasteiger partial charge in [-0.05, 0) is 6.92 Å². The third-order valence-corrected chi connectivity index (χ3v) is 0.940. The van der Waals surface area contributed by atoms with Crippen LogP contribution in [0.3, 0.4) is 0 Å². The molecule has 1 aromatic rings. The van der Waals surface area contributed by atoms with Crippen LogP contribution in [0.5, 0.6) is 0 Å². The maximum atomic E-state index is 2.08. The molecule has 0 spiro atoms. The number of benzene rings is 1. The van der Waals surface area contributed by atoms with Gasteiger partial charge in [-0.3, -0.25) is 0 Å². The summed E-state index contributed by atoms with van der Waals surface area (Å²) in [5.74, 6) is 0. The summed E-state index contributed by atoms with van der Waals surface area (Å²) >= 11 is 0. The molecule has 0 bridgehead atoms. The molecule has 0 saturated heterocycles. The standard InChI is InChI=1S/C7H8.Be.Na.2H2.3H/c1-7-5-3-2-4-6-7;;;;;;;/h2-6H,1H3;;;2*1H;;;. The van der Waals surface area contributed by atoms with Crippen molar-refractivity contribution in [2.75, 3.05) is 0 Å². The molecule has 1 rings (SSSR count). The third kappa shape index (κ3) is 4.87. The van der Waals surface area contributed by atoms with Gasteiger partial charge in [0.25, 0.3) is 0 Å². The molecule has 0 aliphatic rings. The van der Waals surface area contributed by atoms with Crippen molar-refractivity contribution in [1.29, 1.82) is 0 Å². The molecule has 0 aliphatic heterocycles. The molecule has 0 nitrogen and oxygen atoms in total. The molecule has 0 aliphatic carbocycles. The van der Waals surface area contributed by atoms with Gasteiger partial charge in [-0.1, -0.05) is 35.9 Å². The van der Waals surface area contributed by atoms with Crippen LogP contribution in [0, 0.1) is 6.92 Å². The van der Waals surface area contributed by atoms with Gasteiger partial charge in [0, 0.05) is 2.85 Å². The zero-order chi connectivity index (χ0) is 5.11. The van der Waals surface area contributed by atoms with Crippen molar-refractivity contribution in [3.8, 4) is 0 Å². The molecule has 0 saturated carbocycles. The molecular formula is C7H15BeNa. The Morgan fingerprint density at radius 1 is 1.11 bits per heavy atom. The van der Waals surface area contributed by atoms with Crippen molar-refractivity contribution in [3.05, 3.63) is 35.9 Å². The van der Waals surface area contributed by atoms with E-state index >= 15 is 0 Å². The maximum absolute atomic E-state index is 2.08. The number of aryl methyl sites for hydroxylation is 1. The Kier molecular flexibility index (Phi) is 8.75. The van der Waals surface area contributed by atoms with Gasteiger partial charge in [0.1, 0.15) is 0 Å². The van der Waals surface area contributed by atoms with Crippen molar-refractivity contribution in [1.82, 2.24) is 0 Å². The fourth-order valence-corrected chi connectivity index (χ4v) is 0.534. The van der Waals surface area contributed by atoms with Gasteiger partial charge in [-0.2, -0.15) is 0 Å². The van der Waals surface area contributed by atoms with Crippen LogP contribution >= 0.6 is 0 Å². The molecule has 2 heteroatoms. The Balaban J connectivity index is -0.0000000612. The molecule has 0 radical (unpaired) electrons. The van der Waals surface area contributed by atoms with E-state index in [1.807, 2.05) is 18.2 Å². The summed E-state index contributed by atoms with van der Waals surface area (Å²) in [6.45, 7) is 2.08. The second kappa shape index (κ2) is 6.51. The zero-order valence-corrected chi connectivity index (χ0v) is 4.39. The Morgan fingerprint density at radius 2 is 1.56 bits per heavy atom. The van der Waals surface area contributed by atoms with E-state index in [0.29, 0.717) is 0 Å². The topological polar surface area (TPSA) is 0 Å². The molecule has 0 atom stereocenters. The first-order valence-electron chi connectivity index (χ1n) is 2.41. The van der Waals surface area contributed by atoms with E-state index in [2.05, 4.69) is 19.1 Å². The second-order valence-electron chi connectivity index (χ2n) is 1.65. The first-order valence-corrected chi connectivity index (χ1v) is 2.41. The van der Waals surface area contributed by atoms with E-state index in [9.17, 15) is 0 Å². The molecular weight excluding hydrogens is 116 g/mol. The molecule has 0 amide bonds. The summed E-state index contributed by atoms with van der Waals surface area (Å²) in [5, 5.41) is 0. The predicted octanol–water partition coefficient (Wildman–Crippen LogP) is 0.922. The quantitative estimate of drug-likeness (QED) is 0.459. The molecule has 1 aromatic carbocycles. The Bertz CT molecular complexity index is 146. The van der Waals surface area contributed by atoms with E-state index in [1.165, 1.54) is 5.56 Å². The van der Waals surface area contributed by atoms with Crippen LogP contribution < -0.4 is 0 Å². The minimum atomic E-state index is 0. The van der Waals surface area contributed by atoms with Gasteiger partial charge in [0.2, 0.25) is 0 Å². The summed E-state index contributed by atoms with van der Waals surface area (Å²) < 4.78 is 0. The minimum absolute atomic E-state index is 0. The van der Waals surface area contributed by atoms with E-state index in [-0.39, 0.29) is 42.5 Å². The van der Waals surface area contributed by atoms with E-state index in [1.54, 1.807) is 0 Å². The first-order chi connectivity index (χ1) is 3.39. The predicted molar refractivity (Wildman–Crippen MR) is 51.1 cm³/mol. The first kappa shape index (κ1) is 12.1. The number of hydrogen-bond acceptors (Lipinski definition) is 0. The Labute approximate surface area is 85.1 Å². The van der Waals surface area contributed by atoms with Gasteiger partial charge < -0.3 is 0 Å². The molecule has 0 heterocycles. The Hall–Kier alpha value is 0.389. The molecule has 0 unspecified atom stereocenters. The average molecular weight is 131 g/mol. The van der Waals surface area contributed by atoms with Crippen LogP contribution in [0.15, 0.2) is 30.3 Å². The fourth-order valence-electron chi connectivity index (χ4n) is 0.534. The van der Waals surface area contributed by atoms with Crippen molar-refractivity contribution in [3.63, 3.8) is 0 Å². The molecule has 46 valence electrons. The van der Waals surface area contributed by atoms with Crippen molar-refractivity contribution in [2.45, 2.75) is 6.92 Å². The summed E-state index contributed by atoms with van der Waals surface area (Å²) in [5.41, 5.74) is 1.32. The summed E-state index contributed by atoms with van der Waals surface area (Å²) in [6.07, 6.45) is 0. The van der Waals surface area contributed by atoms with Crippen LogP contribution in [0.1, 0.15) is 8.42 Å². The Morgan fingerprint density at radius 3 is 1.78 bits per heavy atom. The van der Waals surface area contributed by atoms with E-state index < -0.39 is 0 Å². The van der Waals surface area contributed by atoms with Crippen molar-refractivity contribution in [2.24, 2.45) is 0 Å². The van der Waals surface area contributed by atoms with Crippen LogP contribution in [0.25, 0.3) is 0 Å². The third-order valence-electron chi connectivity index (χ3n) is 0.940. The SMILES string of the molecule is Cc1ccccc1.[BeH2].[HH].[HH].[NaH]. The summed E-state index contributed by atoms with van der Waals surface area (Å²) in [6, 6.07) is 10.3. The second-order valence-corrected chi connectivity index (χ2v) is 1.65. The van der Waals surface area contributed by atoms with Crippen LogP contribution in [-0.4, -0.2) is 39.7 Å². The van der Waals surface area contributed by atoms with Gasteiger partial charge in [-0.25, -0.2) is 0 Å². The van der Waals surface area contributed by atoms with Gasteiger partial charge in [-0.15, -0.1) is 0 Å². The molecule has 0 N–H and O–H groups in total.